The number of aryl methyl sites for hydroxylation is 1. The molecule has 0 saturated heterocycles. The average molecular weight is 232 g/mol. The van der Waals surface area contributed by atoms with Crippen LogP contribution in [0.5, 0.6) is 0 Å². The van der Waals surface area contributed by atoms with E-state index in [4.69, 9.17) is 0 Å². The number of rotatable bonds is 3. The van der Waals surface area contributed by atoms with Crippen molar-refractivity contribution in [1.82, 2.24) is 9.78 Å². The highest BCUT2D eigenvalue weighted by atomic mass is 32.2. The zero-order chi connectivity index (χ0) is 11.5. The first kappa shape index (κ1) is 11.0. The number of carbonyl (C=O) groups is 1. The first-order valence-corrected chi connectivity index (χ1v) is 6.14. The van der Waals surface area contributed by atoms with Crippen molar-refractivity contribution in [3.8, 4) is 5.69 Å². The maximum atomic E-state index is 11.0. The van der Waals surface area contributed by atoms with Gasteiger partial charge in [-0.2, -0.15) is 5.10 Å². The van der Waals surface area contributed by atoms with Gasteiger partial charge in [-0.3, -0.25) is 4.79 Å². The topological polar surface area (TPSA) is 34.9 Å². The summed E-state index contributed by atoms with van der Waals surface area (Å²) in [6, 6.07) is 9.81. The molecule has 0 fully saturated rings. The van der Waals surface area contributed by atoms with Gasteiger partial charge in [0.1, 0.15) is 5.03 Å². The van der Waals surface area contributed by atoms with E-state index in [9.17, 15) is 4.79 Å². The normalized spacial score (nSPS) is 10.4. The minimum Gasteiger partial charge on any atom is -0.298 e. The van der Waals surface area contributed by atoms with E-state index >= 15 is 0 Å². The molecule has 2 aromatic rings. The molecule has 0 saturated carbocycles. The summed E-state index contributed by atoms with van der Waals surface area (Å²) in [7, 11) is 0. The summed E-state index contributed by atoms with van der Waals surface area (Å²) in [5.41, 5.74) is 2.42. The fraction of sp³-hybridized carbons (Fsp3) is 0.167. The molecule has 3 nitrogen and oxygen atoms in total. The molecule has 0 N–H and O–H groups in total. The molecule has 0 amide bonds. The number of carbonyl (C=O) groups excluding carboxylic acids is 1. The highest BCUT2D eigenvalue weighted by Crippen LogP contribution is 2.24. The van der Waals surface area contributed by atoms with Crippen LogP contribution in [0.1, 0.15) is 16.1 Å². The Bertz CT molecular complexity index is 505. The number of aldehydes is 1. The monoisotopic (exact) mass is 232 g/mol. The Balaban J connectivity index is 2.62. The fourth-order valence-electron chi connectivity index (χ4n) is 1.59. The number of benzene rings is 1. The maximum Gasteiger partial charge on any atom is 0.154 e. The van der Waals surface area contributed by atoms with Gasteiger partial charge in [-0.25, -0.2) is 4.68 Å². The number of hydrogen-bond donors (Lipinski definition) is 0. The summed E-state index contributed by atoms with van der Waals surface area (Å²) in [6.07, 6.45) is 2.82. The molecule has 82 valence electrons. The van der Waals surface area contributed by atoms with Gasteiger partial charge < -0.3 is 0 Å². The van der Waals surface area contributed by atoms with Gasteiger partial charge in [0.15, 0.2) is 6.29 Å². The molecule has 0 aliphatic heterocycles. The summed E-state index contributed by atoms with van der Waals surface area (Å²) in [5.74, 6) is 0. The average Bonchev–Trinajstić information content (AvgIpc) is 2.66. The second-order valence-electron chi connectivity index (χ2n) is 3.37. The number of para-hydroxylation sites is 1. The van der Waals surface area contributed by atoms with Gasteiger partial charge in [-0.1, -0.05) is 18.2 Å². The van der Waals surface area contributed by atoms with Crippen LogP contribution in [-0.4, -0.2) is 22.3 Å². The van der Waals surface area contributed by atoms with Crippen LogP contribution >= 0.6 is 11.8 Å². The summed E-state index contributed by atoms with van der Waals surface area (Å²) < 4.78 is 1.81. The van der Waals surface area contributed by atoms with Crippen molar-refractivity contribution in [3.63, 3.8) is 0 Å². The van der Waals surface area contributed by atoms with Gasteiger partial charge in [-0.05, 0) is 25.3 Å². The van der Waals surface area contributed by atoms with Crippen molar-refractivity contribution < 1.29 is 4.79 Å². The molecule has 0 bridgehead atoms. The van der Waals surface area contributed by atoms with E-state index in [0.717, 1.165) is 22.7 Å². The van der Waals surface area contributed by atoms with E-state index in [1.54, 1.807) is 0 Å². The van der Waals surface area contributed by atoms with Crippen LogP contribution in [0.3, 0.4) is 0 Å². The second-order valence-corrected chi connectivity index (χ2v) is 4.17. The van der Waals surface area contributed by atoms with Crippen LogP contribution in [0.25, 0.3) is 5.69 Å². The lowest BCUT2D eigenvalue weighted by Crippen LogP contribution is -1.97. The molecule has 0 aliphatic rings. The van der Waals surface area contributed by atoms with E-state index in [1.807, 2.05) is 48.2 Å². The Morgan fingerprint density at radius 3 is 2.56 bits per heavy atom. The van der Waals surface area contributed by atoms with Gasteiger partial charge in [0.2, 0.25) is 0 Å². The van der Waals surface area contributed by atoms with Crippen molar-refractivity contribution in [2.24, 2.45) is 0 Å². The van der Waals surface area contributed by atoms with Crippen molar-refractivity contribution in [1.29, 1.82) is 0 Å². The molecule has 0 radical (unpaired) electrons. The number of thioether (sulfide) groups is 1. The van der Waals surface area contributed by atoms with E-state index in [2.05, 4.69) is 5.10 Å². The van der Waals surface area contributed by atoms with Crippen LogP contribution < -0.4 is 0 Å². The van der Waals surface area contributed by atoms with E-state index in [1.165, 1.54) is 11.8 Å². The number of aromatic nitrogens is 2. The second kappa shape index (κ2) is 4.53. The zero-order valence-corrected chi connectivity index (χ0v) is 9.99. The molecule has 1 aromatic heterocycles. The quantitative estimate of drug-likeness (QED) is 0.603. The van der Waals surface area contributed by atoms with Gasteiger partial charge in [0.05, 0.1) is 16.9 Å². The number of hydrogen-bond acceptors (Lipinski definition) is 3. The Labute approximate surface area is 98.5 Å². The summed E-state index contributed by atoms with van der Waals surface area (Å²) in [6.45, 7) is 1.85. The summed E-state index contributed by atoms with van der Waals surface area (Å²) in [5, 5.41) is 5.27. The minimum absolute atomic E-state index is 0.677. The van der Waals surface area contributed by atoms with Crippen molar-refractivity contribution in [3.05, 3.63) is 41.6 Å². The van der Waals surface area contributed by atoms with Gasteiger partial charge >= 0.3 is 0 Å². The van der Waals surface area contributed by atoms with Gasteiger partial charge in [-0.15, -0.1) is 11.8 Å². The third kappa shape index (κ3) is 1.76. The Hall–Kier alpha value is -1.55. The lowest BCUT2D eigenvalue weighted by atomic mass is 10.3. The predicted molar refractivity (Wildman–Crippen MR) is 65.5 cm³/mol. The predicted octanol–water partition coefficient (Wildman–Crippen LogP) is 2.72. The molecule has 0 aliphatic carbocycles. The first-order chi connectivity index (χ1) is 7.77. The number of nitrogens with zero attached hydrogens (tertiary/aromatic N) is 2. The Kier molecular flexibility index (Phi) is 3.10. The smallest absolute Gasteiger partial charge is 0.154 e. The third-order valence-corrected chi connectivity index (χ3v) is 3.15. The standard InChI is InChI=1S/C12H12N2OS/c1-9-11(8-15)12(16-2)14(13-9)10-6-4-3-5-7-10/h3-8H,1-2H3. The SMILES string of the molecule is CSc1c(C=O)c(C)nn1-c1ccccc1. The summed E-state index contributed by atoms with van der Waals surface area (Å²) in [4.78, 5) is 11.0. The van der Waals surface area contributed by atoms with E-state index < -0.39 is 0 Å². The molecular weight excluding hydrogens is 220 g/mol. The van der Waals surface area contributed by atoms with Gasteiger partial charge in [0, 0.05) is 0 Å². The lowest BCUT2D eigenvalue weighted by Gasteiger charge is -2.04. The highest BCUT2D eigenvalue weighted by Gasteiger charge is 2.14. The Morgan fingerprint density at radius 1 is 1.31 bits per heavy atom. The van der Waals surface area contributed by atoms with Gasteiger partial charge in [0.25, 0.3) is 0 Å². The molecule has 4 heteroatoms. The molecular formula is C12H12N2OS. The van der Waals surface area contributed by atoms with Crippen LogP contribution in [0.4, 0.5) is 0 Å². The molecule has 2 rings (SSSR count). The molecule has 1 aromatic carbocycles. The van der Waals surface area contributed by atoms with Crippen LogP contribution in [0, 0.1) is 6.92 Å². The van der Waals surface area contributed by atoms with Crippen LogP contribution in [0.15, 0.2) is 35.4 Å². The minimum atomic E-state index is 0.677. The first-order valence-electron chi connectivity index (χ1n) is 4.92. The third-order valence-electron chi connectivity index (χ3n) is 2.37. The summed E-state index contributed by atoms with van der Waals surface area (Å²) >= 11 is 1.53. The largest absolute Gasteiger partial charge is 0.298 e. The maximum absolute atomic E-state index is 11.0. The van der Waals surface area contributed by atoms with Crippen molar-refractivity contribution in [2.75, 3.05) is 6.26 Å². The van der Waals surface area contributed by atoms with Crippen molar-refractivity contribution >= 4 is 18.0 Å². The molecule has 1 heterocycles. The molecule has 0 atom stereocenters. The molecule has 16 heavy (non-hydrogen) atoms. The zero-order valence-electron chi connectivity index (χ0n) is 9.18. The fourth-order valence-corrected chi connectivity index (χ4v) is 2.33. The molecule has 0 unspecified atom stereocenters. The lowest BCUT2D eigenvalue weighted by molar-refractivity contribution is 0.112. The van der Waals surface area contributed by atoms with E-state index in [-0.39, 0.29) is 0 Å². The van der Waals surface area contributed by atoms with E-state index in [0.29, 0.717) is 5.56 Å². The van der Waals surface area contributed by atoms with Crippen molar-refractivity contribution in [2.45, 2.75) is 11.9 Å². The highest BCUT2D eigenvalue weighted by molar-refractivity contribution is 7.98. The Morgan fingerprint density at radius 2 is 2.00 bits per heavy atom. The van der Waals surface area contributed by atoms with Crippen LogP contribution in [-0.2, 0) is 0 Å². The van der Waals surface area contributed by atoms with Crippen LogP contribution in [0.2, 0.25) is 0 Å². The molecule has 0 spiro atoms.